The Morgan fingerprint density at radius 2 is 1.80 bits per heavy atom. The first-order valence-corrected chi connectivity index (χ1v) is 11.9. The molecule has 1 heterocycles. The molecule has 2 aromatic rings. The van der Waals surface area contributed by atoms with Crippen LogP contribution in [0.15, 0.2) is 54.6 Å². The molecule has 1 aliphatic heterocycles. The number of esters is 2. The molecule has 2 aromatic carbocycles. The molecule has 1 N–H and O–H groups in total. The molecule has 0 saturated carbocycles. The van der Waals surface area contributed by atoms with Gasteiger partial charge in [0, 0.05) is 0 Å². The molecule has 1 aliphatic rings. The van der Waals surface area contributed by atoms with Gasteiger partial charge in [0.15, 0.2) is 0 Å². The highest BCUT2D eigenvalue weighted by molar-refractivity contribution is 6.02. The van der Waals surface area contributed by atoms with Gasteiger partial charge in [0.1, 0.15) is 36.6 Å². The van der Waals surface area contributed by atoms with E-state index in [1.807, 2.05) is 30.3 Å². The van der Waals surface area contributed by atoms with Crippen molar-refractivity contribution in [2.75, 3.05) is 24.7 Å². The summed E-state index contributed by atoms with van der Waals surface area (Å²) in [5.74, 6) is -0.871. The average molecular weight is 483 g/mol. The molecule has 3 rings (SSSR count). The Bertz CT molecular complexity index is 1020. The highest BCUT2D eigenvalue weighted by Gasteiger charge is 2.36. The van der Waals surface area contributed by atoms with Gasteiger partial charge in [0.2, 0.25) is 5.91 Å². The van der Waals surface area contributed by atoms with Crippen LogP contribution in [0.25, 0.3) is 0 Å². The molecule has 35 heavy (non-hydrogen) atoms. The second-order valence-electron chi connectivity index (χ2n) is 9.34. The summed E-state index contributed by atoms with van der Waals surface area (Å²) in [6.07, 6.45) is 1.06. The molecule has 0 aliphatic carbocycles. The normalized spacial score (nSPS) is 16.5. The fraction of sp³-hybridized carbons (Fsp3) is 0.444. The van der Waals surface area contributed by atoms with E-state index in [2.05, 4.69) is 5.32 Å². The van der Waals surface area contributed by atoms with E-state index >= 15 is 0 Å². The molecule has 1 unspecified atom stereocenters. The predicted octanol–water partition coefficient (Wildman–Crippen LogP) is 3.28. The Balaban J connectivity index is 1.81. The number of carbonyl (C=O) groups is 3. The van der Waals surface area contributed by atoms with Gasteiger partial charge in [-0.1, -0.05) is 42.5 Å². The van der Waals surface area contributed by atoms with Crippen LogP contribution in [0.5, 0.6) is 5.75 Å². The summed E-state index contributed by atoms with van der Waals surface area (Å²) in [5, 5.41) is 3.14. The molecular weight excluding hydrogens is 448 g/mol. The molecule has 1 amide bonds. The van der Waals surface area contributed by atoms with Crippen molar-refractivity contribution < 1.29 is 28.6 Å². The summed E-state index contributed by atoms with van der Waals surface area (Å²) in [4.78, 5) is 40.3. The van der Waals surface area contributed by atoms with Crippen molar-refractivity contribution in [3.05, 3.63) is 60.2 Å². The molecular formula is C27H34N2O6. The second-order valence-corrected chi connectivity index (χ2v) is 9.34. The monoisotopic (exact) mass is 482 g/mol. The molecule has 0 spiro atoms. The number of para-hydroxylation sites is 2. The minimum Gasteiger partial charge on any atom is -0.489 e. The lowest BCUT2D eigenvalue weighted by molar-refractivity contribution is -0.154. The Morgan fingerprint density at radius 3 is 2.49 bits per heavy atom. The quantitative estimate of drug-likeness (QED) is 0.548. The molecule has 8 nitrogen and oxygen atoms in total. The third-order valence-corrected chi connectivity index (χ3v) is 5.37. The maximum Gasteiger partial charge on any atom is 0.326 e. The van der Waals surface area contributed by atoms with Gasteiger partial charge in [-0.2, -0.15) is 0 Å². The van der Waals surface area contributed by atoms with E-state index in [-0.39, 0.29) is 25.7 Å². The van der Waals surface area contributed by atoms with Crippen LogP contribution in [0.3, 0.4) is 0 Å². The van der Waals surface area contributed by atoms with Crippen molar-refractivity contribution >= 4 is 23.5 Å². The van der Waals surface area contributed by atoms with Gasteiger partial charge in [0.05, 0.1) is 12.3 Å². The van der Waals surface area contributed by atoms with E-state index in [9.17, 15) is 14.4 Å². The minimum absolute atomic E-state index is 0.00189. The number of rotatable bonds is 9. The van der Waals surface area contributed by atoms with Crippen LogP contribution in [0.2, 0.25) is 0 Å². The first kappa shape index (κ1) is 26.2. The maximum absolute atomic E-state index is 13.6. The summed E-state index contributed by atoms with van der Waals surface area (Å²) in [5.41, 5.74) is 0.863. The van der Waals surface area contributed by atoms with E-state index in [0.717, 1.165) is 5.56 Å². The van der Waals surface area contributed by atoms with Gasteiger partial charge in [-0.15, -0.1) is 0 Å². The summed E-state index contributed by atoms with van der Waals surface area (Å²) >= 11 is 0. The average Bonchev–Trinajstić information content (AvgIpc) is 2.93. The number of nitrogens with zero attached hydrogens (tertiary/aromatic N) is 1. The first-order valence-electron chi connectivity index (χ1n) is 11.9. The topological polar surface area (TPSA) is 94.2 Å². The number of nitrogens with one attached hydrogen (secondary N) is 1. The van der Waals surface area contributed by atoms with Crippen LogP contribution in [-0.4, -0.2) is 55.3 Å². The van der Waals surface area contributed by atoms with Crippen LogP contribution in [0, 0.1) is 0 Å². The standard InChI is InChI=1S/C27H34N2O6/c1-5-33-26(32)20(16-15-19-11-7-6-8-12-19)28-21-18-34-23-14-10-9-13-22(23)29(25(21)31)17-24(30)35-27(2,3)4/h6-14,20-21,28H,5,15-18H2,1-4H3/t20-,21?/m0/s1. The molecule has 8 heteroatoms. The smallest absolute Gasteiger partial charge is 0.326 e. The van der Waals surface area contributed by atoms with E-state index in [0.29, 0.717) is 24.3 Å². The minimum atomic E-state index is -0.866. The van der Waals surface area contributed by atoms with Gasteiger partial charge in [0.25, 0.3) is 0 Å². The number of aryl methyl sites for hydroxylation is 1. The van der Waals surface area contributed by atoms with Gasteiger partial charge in [-0.3, -0.25) is 24.6 Å². The number of carbonyl (C=O) groups excluding carboxylic acids is 3. The Morgan fingerprint density at radius 1 is 1.11 bits per heavy atom. The number of fused-ring (bicyclic) bond motifs is 1. The number of anilines is 1. The van der Waals surface area contributed by atoms with Crippen LogP contribution >= 0.6 is 0 Å². The molecule has 2 atom stereocenters. The highest BCUT2D eigenvalue weighted by atomic mass is 16.6. The molecule has 0 radical (unpaired) electrons. The van der Waals surface area contributed by atoms with Gasteiger partial charge < -0.3 is 14.2 Å². The summed E-state index contributed by atoms with van der Waals surface area (Å²) in [6.45, 7) is 7.01. The van der Waals surface area contributed by atoms with Gasteiger partial charge in [-0.25, -0.2) is 0 Å². The first-order chi connectivity index (χ1) is 16.7. The lowest BCUT2D eigenvalue weighted by Crippen LogP contribution is -2.55. The van der Waals surface area contributed by atoms with Crippen molar-refractivity contribution in [2.24, 2.45) is 0 Å². The zero-order chi connectivity index (χ0) is 25.4. The zero-order valence-corrected chi connectivity index (χ0v) is 20.8. The summed E-state index contributed by atoms with van der Waals surface area (Å²) < 4.78 is 16.6. The maximum atomic E-state index is 13.6. The Kier molecular flexibility index (Phi) is 8.87. The van der Waals surface area contributed by atoms with E-state index < -0.39 is 29.6 Å². The van der Waals surface area contributed by atoms with Crippen LogP contribution in [0.4, 0.5) is 5.69 Å². The molecule has 0 bridgehead atoms. The van der Waals surface area contributed by atoms with Crippen molar-refractivity contribution in [1.29, 1.82) is 0 Å². The molecule has 0 aromatic heterocycles. The Hall–Kier alpha value is -3.39. The molecule has 188 valence electrons. The van der Waals surface area contributed by atoms with E-state index in [1.54, 1.807) is 52.0 Å². The fourth-order valence-electron chi connectivity index (χ4n) is 3.85. The number of benzene rings is 2. The summed E-state index contributed by atoms with van der Waals surface area (Å²) in [6, 6.07) is 15.2. The molecule has 0 saturated heterocycles. The third kappa shape index (κ3) is 7.55. The Labute approximate surface area is 206 Å². The largest absolute Gasteiger partial charge is 0.489 e. The van der Waals surface area contributed by atoms with Gasteiger partial charge in [-0.05, 0) is 58.2 Å². The zero-order valence-electron chi connectivity index (χ0n) is 20.8. The van der Waals surface area contributed by atoms with E-state index in [1.165, 1.54) is 4.90 Å². The van der Waals surface area contributed by atoms with Crippen LogP contribution < -0.4 is 15.0 Å². The predicted molar refractivity (Wildman–Crippen MR) is 132 cm³/mol. The SMILES string of the molecule is CCOC(=O)[C@H](CCc1ccccc1)NC1COc2ccccc2N(CC(=O)OC(C)(C)C)C1=O. The van der Waals surface area contributed by atoms with Crippen molar-refractivity contribution in [3.8, 4) is 5.75 Å². The lowest BCUT2D eigenvalue weighted by Gasteiger charge is -2.28. The van der Waals surface area contributed by atoms with Crippen LogP contribution in [0.1, 0.15) is 39.7 Å². The highest BCUT2D eigenvalue weighted by Crippen LogP contribution is 2.31. The van der Waals surface area contributed by atoms with E-state index in [4.69, 9.17) is 14.2 Å². The number of hydrogen-bond donors (Lipinski definition) is 1. The van der Waals surface area contributed by atoms with Crippen molar-refractivity contribution in [1.82, 2.24) is 5.32 Å². The third-order valence-electron chi connectivity index (χ3n) is 5.37. The van der Waals surface area contributed by atoms with Crippen molar-refractivity contribution in [3.63, 3.8) is 0 Å². The summed E-state index contributed by atoms with van der Waals surface area (Å²) in [7, 11) is 0. The van der Waals surface area contributed by atoms with Gasteiger partial charge >= 0.3 is 11.9 Å². The number of ether oxygens (including phenoxy) is 3. The van der Waals surface area contributed by atoms with Crippen LogP contribution in [-0.2, 0) is 30.3 Å². The molecule has 0 fully saturated rings. The number of amides is 1. The second kappa shape index (κ2) is 11.8. The van der Waals surface area contributed by atoms with Crippen molar-refractivity contribution in [2.45, 2.75) is 58.2 Å². The fourth-order valence-corrected chi connectivity index (χ4v) is 3.85. The number of hydrogen-bond acceptors (Lipinski definition) is 7. The lowest BCUT2D eigenvalue weighted by atomic mass is 10.0.